The molecule has 1 nitrogen and oxygen atoms in total. The fraction of sp³-hybridized carbons (Fsp3) is 0.130. The van der Waals surface area contributed by atoms with Gasteiger partial charge < -0.3 is 4.74 Å². The fourth-order valence-corrected chi connectivity index (χ4v) is 2.71. The lowest BCUT2D eigenvalue weighted by Crippen LogP contribution is -2.02. The molecule has 3 rings (SSSR count). The Morgan fingerprint density at radius 2 is 1.34 bits per heavy atom. The summed E-state index contributed by atoms with van der Waals surface area (Å²) < 4.78 is 70.1. The Morgan fingerprint density at radius 1 is 0.828 bits per heavy atom. The number of halogens is 5. The molecule has 0 N–H and O–H groups in total. The second-order valence-electron chi connectivity index (χ2n) is 6.53. The van der Waals surface area contributed by atoms with Gasteiger partial charge in [-0.05, 0) is 54.0 Å². The minimum atomic E-state index is -4.65. The van der Waals surface area contributed by atoms with E-state index in [4.69, 9.17) is 4.74 Å². The highest BCUT2D eigenvalue weighted by atomic mass is 19.4. The first-order valence-electron chi connectivity index (χ1n) is 8.75. The Labute approximate surface area is 165 Å². The van der Waals surface area contributed by atoms with Crippen LogP contribution in [0.25, 0.3) is 17.2 Å². The lowest BCUT2D eigenvalue weighted by molar-refractivity contribution is -0.0790. The first kappa shape index (κ1) is 20.6. The lowest BCUT2D eigenvalue weighted by atomic mass is 10.0. The van der Waals surface area contributed by atoms with Gasteiger partial charge in [0.1, 0.15) is 24.0 Å². The molecule has 0 atom stereocenters. The Balaban J connectivity index is 1.68. The maximum absolute atomic E-state index is 14.0. The first-order valence-corrected chi connectivity index (χ1v) is 8.75. The monoisotopic (exact) mass is 404 g/mol. The van der Waals surface area contributed by atoms with E-state index in [1.54, 1.807) is 12.1 Å². The molecule has 0 aliphatic rings. The lowest BCUT2D eigenvalue weighted by Gasteiger charge is -2.09. The van der Waals surface area contributed by atoms with E-state index in [-0.39, 0.29) is 18.2 Å². The van der Waals surface area contributed by atoms with Crippen LogP contribution < -0.4 is 4.74 Å². The SMILES string of the molecule is Cc1ccc(-c2ccc(OCc3cc(F)c(/C=C/C(F)(F)F)c(F)c3)cc2)cc1. The third-order valence-corrected chi connectivity index (χ3v) is 4.22. The van der Waals surface area contributed by atoms with E-state index in [0.717, 1.165) is 28.8 Å². The molecule has 0 saturated heterocycles. The topological polar surface area (TPSA) is 9.23 Å². The molecule has 0 spiro atoms. The summed E-state index contributed by atoms with van der Waals surface area (Å²) in [6.07, 6.45) is -4.48. The van der Waals surface area contributed by atoms with Crippen molar-refractivity contribution in [1.82, 2.24) is 0 Å². The number of hydrogen-bond acceptors (Lipinski definition) is 1. The number of rotatable bonds is 5. The van der Waals surface area contributed by atoms with Gasteiger partial charge in [0.05, 0.1) is 0 Å². The van der Waals surface area contributed by atoms with Crippen LogP contribution in [0.3, 0.4) is 0 Å². The van der Waals surface area contributed by atoms with E-state index in [9.17, 15) is 22.0 Å². The molecule has 0 amide bonds. The third-order valence-electron chi connectivity index (χ3n) is 4.22. The molecule has 0 fully saturated rings. The summed E-state index contributed by atoms with van der Waals surface area (Å²) in [4.78, 5) is 0. The molecule has 0 unspecified atom stereocenters. The molecule has 0 bridgehead atoms. The van der Waals surface area contributed by atoms with Crippen molar-refractivity contribution in [3.63, 3.8) is 0 Å². The van der Waals surface area contributed by atoms with Crippen LogP contribution >= 0.6 is 0 Å². The van der Waals surface area contributed by atoms with Gasteiger partial charge in [-0.1, -0.05) is 42.0 Å². The number of ether oxygens (including phenoxy) is 1. The zero-order valence-corrected chi connectivity index (χ0v) is 15.4. The minimum Gasteiger partial charge on any atom is -0.489 e. The molecule has 0 aliphatic heterocycles. The van der Waals surface area contributed by atoms with Gasteiger partial charge in [0.2, 0.25) is 0 Å². The van der Waals surface area contributed by atoms with Crippen LogP contribution in [0.5, 0.6) is 5.75 Å². The highest BCUT2D eigenvalue weighted by molar-refractivity contribution is 5.64. The van der Waals surface area contributed by atoms with Crippen LogP contribution in [-0.2, 0) is 6.61 Å². The van der Waals surface area contributed by atoms with Gasteiger partial charge in [-0.3, -0.25) is 0 Å². The predicted molar refractivity (Wildman–Crippen MR) is 102 cm³/mol. The molecular weight excluding hydrogens is 387 g/mol. The summed E-state index contributed by atoms with van der Waals surface area (Å²) in [7, 11) is 0. The molecule has 6 heteroatoms. The highest BCUT2D eigenvalue weighted by Crippen LogP contribution is 2.25. The van der Waals surface area contributed by atoms with Crippen LogP contribution in [0, 0.1) is 18.6 Å². The van der Waals surface area contributed by atoms with Crippen LogP contribution in [0.1, 0.15) is 16.7 Å². The maximum Gasteiger partial charge on any atom is 0.409 e. The van der Waals surface area contributed by atoms with E-state index in [2.05, 4.69) is 0 Å². The van der Waals surface area contributed by atoms with E-state index in [0.29, 0.717) is 11.8 Å². The fourth-order valence-electron chi connectivity index (χ4n) is 2.71. The van der Waals surface area contributed by atoms with Gasteiger partial charge in [0.15, 0.2) is 0 Å². The summed E-state index contributed by atoms with van der Waals surface area (Å²) in [6.45, 7) is 1.88. The van der Waals surface area contributed by atoms with Gasteiger partial charge in [0.25, 0.3) is 0 Å². The van der Waals surface area contributed by atoms with Gasteiger partial charge in [-0.2, -0.15) is 13.2 Å². The van der Waals surface area contributed by atoms with Crippen molar-refractivity contribution in [1.29, 1.82) is 0 Å². The van der Waals surface area contributed by atoms with Crippen molar-refractivity contribution >= 4 is 6.08 Å². The van der Waals surface area contributed by atoms with Gasteiger partial charge in [-0.15, -0.1) is 0 Å². The summed E-state index contributed by atoms with van der Waals surface area (Å²) in [5.41, 5.74) is 2.64. The number of benzene rings is 3. The van der Waals surface area contributed by atoms with Crippen molar-refractivity contribution in [3.8, 4) is 16.9 Å². The summed E-state index contributed by atoms with van der Waals surface area (Å²) in [5.74, 6) is -1.67. The third kappa shape index (κ3) is 5.67. The Morgan fingerprint density at radius 3 is 1.86 bits per heavy atom. The number of hydrogen-bond donors (Lipinski definition) is 0. The predicted octanol–water partition coefficient (Wildman–Crippen LogP) is 7.09. The minimum absolute atomic E-state index is 0.124. The molecule has 150 valence electrons. The van der Waals surface area contributed by atoms with E-state index in [1.807, 2.05) is 43.3 Å². The van der Waals surface area contributed by atoms with Crippen LogP contribution in [0.4, 0.5) is 22.0 Å². The van der Waals surface area contributed by atoms with Crippen LogP contribution in [0.15, 0.2) is 66.7 Å². The second-order valence-corrected chi connectivity index (χ2v) is 6.53. The normalized spacial score (nSPS) is 11.8. The Hall–Kier alpha value is -3.15. The molecule has 0 heterocycles. The smallest absolute Gasteiger partial charge is 0.409 e. The van der Waals surface area contributed by atoms with E-state index >= 15 is 0 Å². The Bertz CT molecular complexity index is 980. The zero-order chi connectivity index (χ0) is 21.0. The molecule has 0 radical (unpaired) electrons. The first-order chi connectivity index (χ1) is 13.7. The number of allylic oxidation sites excluding steroid dienone is 1. The largest absolute Gasteiger partial charge is 0.489 e. The highest BCUT2D eigenvalue weighted by Gasteiger charge is 2.22. The van der Waals surface area contributed by atoms with Crippen molar-refractivity contribution in [2.75, 3.05) is 0 Å². The quantitative estimate of drug-likeness (QED) is 0.412. The van der Waals surface area contributed by atoms with Crippen molar-refractivity contribution in [2.24, 2.45) is 0 Å². The summed E-state index contributed by atoms with van der Waals surface area (Å²) in [5, 5.41) is 0. The molecule has 0 aromatic heterocycles. The van der Waals surface area contributed by atoms with Gasteiger partial charge >= 0.3 is 6.18 Å². The standard InChI is InChI=1S/C23H17F5O/c1-15-2-4-17(5-3-15)18-6-8-19(9-7-18)29-14-16-12-21(24)20(22(25)13-16)10-11-23(26,27)28/h2-13H,14H2,1H3/b11-10+. The molecule has 29 heavy (non-hydrogen) atoms. The van der Waals surface area contributed by atoms with Crippen molar-refractivity contribution < 1.29 is 26.7 Å². The Kier molecular flexibility index (Phi) is 6.01. The van der Waals surface area contributed by atoms with E-state index in [1.165, 1.54) is 0 Å². The maximum atomic E-state index is 14.0. The summed E-state index contributed by atoms with van der Waals surface area (Å²) in [6, 6.07) is 17.2. The molecule has 3 aromatic carbocycles. The average Bonchev–Trinajstić information content (AvgIpc) is 2.66. The molecule has 3 aromatic rings. The number of aryl methyl sites for hydroxylation is 1. The van der Waals surface area contributed by atoms with Crippen molar-refractivity contribution in [3.05, 3.63) is 95.1 Å². The molecule has 0 saturated carbocycles. The van der Waals surface area contributed by atoms with E-state index < -0.39 is 23.4 Å². The molecule has 0 aliphatic carbocycles. The zero-order valence-electron chi connectivity index (χ0n) is 15.4. The van der Waals surface area contributed by atoms with Gasteiger partial charge in [-0.25, -0.2) is 8.78 Å². The summed E-state index contributed by atoms with van der Waals surface area (Å²) >= 11 is 0. The van der Waals surface area contributed by atoms with Crippen LogP contribution in [-0.4, -0.2) is 6.18 Å². The van der Waals surface area contributed by atoms with Crippen molar-refractivity contribution in [2.45, 2.75) is 19.7 Å². The average molecular weight is 404 g/mol. The van der Waals surface area contributed by atoms with Crippen LogP contribution in [0.2, 0.25) is 0 Å². The molecular formula is C23H17F5O. The number of alkyl halides is 3. The van der Waals surface area contributed by atoms with Gasteiger partial charge in [0, 0.05) is 11.6 Å². The second kappa shape index (κ2) is 8.47.